The van der Waals surface area contributed by atoms with E-state index in [2.05, 4.69) is 5.32 Å². The van der Waals surface area contributed by atoms with Crippen LogP contribution in [0.2, 0.25) is 10.0 Å². The zero-order chi connectivity index (χ0) is 15.2. The second kappa shape index (κ2) is 7.69. The Kier molecular flexibility index (Phi) is 5.91. The number of halogens is 3. The van der Waals surface area contributed by atoms with Gasteiger partial charge in [-0.15, -0.1) is 11.8 Å². The van der Waals surface area contributed by atoms with Crippen molar-refractivity contribution in [2.75, 3.05) is 5.75 Å². The fraction of sp³-hybridized carbons (Fsp3) is 0.133. The average molecular weight is 344 g/mol. The molecule has 0 unspecified atom stereocenters. The molecule has 0 saturated heterocycles. The molecule has 2 aromatic carbocycles. The quantitative estimate of drug-likeness (QED) is 0.807. The molecule has 2 rings (SSSR count). The lowest BCUT2D eigenvalue weighted by atomic mass is 10.2. The van der Waals surface area contributed by atoms with E-state index >= 15 is 0 Å². The van der Waals surface area contributed by atoms with Gasteiger partial charge < -0.3 is 5.32 Å². The van der Waals surface area contributed by atoms with Crippen molar-refractivity contribution in [2.24, 2.45) is 0 Å². The molecule has 1 amide bonds. The lowest BCUT2D eigenvalue weighted by Crippen LogP contribution is -2.25. The third-order valence-electron chi connectivity index (χ3n) is 2.70. The van der Waals surface area contributed by atoms with Crippen LogP contribution in [0, 0.1) is 5.82 Å². The molecule has 0 aliphatic rings. The van der Waals surface area contributed by atoms with Gasteiger partial charge in [-0.3, -0.25) is 4.79 Å². The summed E-state index contributed by atoms with van der Waals surface area (Å²) in [4.78, 5) is 12.5. The largest absolute Gasteiger partial charge is 0.351 e. The van der Waals surface area contributed by atoms with Crippen LogP contribution in [-0.2, 0) is 11.3 Å². The summed E-state index contributed by atoms with van der Waals surface area (Å²) in [6.45, 7) is 0.155. The highest BCUT2D eigenvalue weighted by molar-refractivity contribution is 8.00. The molecule has 0 radical (unpaired) electrons. The van der Waals surface area contributed by atoms with Crippen molar-refractivity contribution in [1.82, 2.24) is 5.32 Å². The molecule has 2 aromatic rings. The molecule has 0 aliphatic heterocycles. The Labute approximate surface area is 136 Å². The van der Waals surface area contributed by atoms with Gasteiger partial charge in [0.25, 0.3) is 0 Å². The van der Waals surface area contributed by atoms with Gasteiger partial charge in [0.15, 0.2) is 0 Å². The Bertz CT molecular complexity index is 631. The van der Waals surface area contributed by atoms with Crippen LogP contribution in [0.1, 0.15) is 5.56 Å². The van der Waals surface area contributed by atoms with Crippen molar-refractivity contribution in [3.8, 4) is 0 Å². The van der Waals surface area contributed by atoms with Crippen LogP contribution in [0.4, 0.5) is 4.39 Å². The molecule has 0 aromatic heterocycles. The first-order valence-electron chi connectivity index (χ1n) is 6.15. The molecule has 0 spiro atoms. The lowest BCUT2D eigenvalue weighted by Gasteiger charge is -2.08. The molecule has 2 nitrogen and oxygen atoms in total. The first-order chi connectivity index (χ1) is 10.1. The predicted molar refractivity (Wildman–Crippen MR) is 85.4 cm³/mol. The van der Waals surface area contributed by atoms with E-state index < -0.39 is 0 Å². The minimum absolute atomic E-state index is 0.155. The third-order valence-corrected chi connectivity index (χ3v) is 4.69. The van der Waals surface area contributed by atoms with E-state index in [9.17, 15) is 9.18 Å². The van der Waals surface area contributed by atoms with Crippen LogP contribution in [0.3, 0.4) is 0 Å². The highest BCUT2D eigenvalue weighted by atomic mass is 35.5. The second-order valence-electron chi connectivity index (χ2n) is 4.21. The molecular formula is C15H12Cl2FNOS. The summed E-state index contributed by atoms with van der Waals surface area (Å²) in [6, 6.07) is 11.5. The predicted octanol–water partition coefficient (Wildman–Crippen LogP) is 4.54. The van der Waals surface area contributed by atoms with Gasteiger partial charge >= 0.3 is 0 Å². The summed E-state index contributed by atoms with van der Waals surface area (Å²) < 4.78 is 13.4. The standard InChI is InChI=1S/C15H12Cl2FNOS/c16-11-5-3-6-12(17)15(11)21-9-14(20)19-8-10-4-1-2-7-13(10)18/h1-7H,8-9H2,(H,19,20). The van der Waals surface area contributed by atoms with E-state index in [1.54, 1.807) is 36.4 Å². The molecule has 6 heteroatoms. The smallest absolute Gasteiger partial charge is 0.230 e. The maximum absolute atomic E-state index is 13.4. The van der Waals surface area contributed by atoms with Gasteiger partial charge in [-0.1, -0.05) is 47.5 Å². The maximum atomic E-state index is 13.4. The number of hydrogen-bond donors (Lipinski definition) is 1. The van der Waals surface area contributed by atoms with Gasteiger partial charge in [0.05, 0.1) is 15.8 Å². The number of rotatable bonds is 5. The van der Waals surface area contributed by atoms with Crippen LogP contribution in [0.5, 0.6) is 0 Å². The van der Waals surface area contributed by atoms with E-state index in [1.165, 1.54) is 17.8 Å². The van der Waals surface area contributed by atoms with Crippen LogP contribution < -0.4 is 5.32 Å². The molecule has 110 valence electrons. The second-order valence-corrected chi connectivity index (χ2v) is 6.01. The monoisotopic (exact) mass is 343 g/mol. The Morgan fingerprint density at radius 1 is 1.10 bits per heavy atom. The van der Waals surface area contributed by atoms with Crippen molar-refractivity contribution >= 4 is 40.9 Å². The minimum Gasteiger partial charge on any atom is -0.351 e. The molecule has 0 atom stereocenters. The van der Waals surface area contributed by atoms with Crippen LogP contribution >= 0.6 is 35.0 Å². The fourth-order valence-corrected chi connectivity index (χ4v) is 3.16. The molecule has 0 heterocycles. The SMILES string of the molecule is O=C(CSc1c(Cl)cccc1Cl)NCc1ccccc1F. The minimum atomic E-state index is -0.334. The first kappa shape index (κ1) is 16.1. The summed E-state index contributed by atoms with van der Waals surface area (Å²) in [5, 5.41) is 3.68. The van der Waals surface area contributed by atoms with Crippen LogP contribution in [0.25, 0.3) is 0 Å². The van der Waals surface area contributed by atoms with E-state index in [1.807, 2.05) is 0 Å². The molecule has 21 heavy (non-hydrogen) atoms. The summed E-state index contributed by atoms with van der Waals surface area (Å²) in [5.74, 6) is -0.378. The Balaban J connectivity index is 1.87. The van der Waals surface area contributed by atoms with Crippen molar-refractivity contribution in [1.29, 1.82) is 0 Å². The average Bonchev–Trinajstić information content (AvgIpc) is 2.46. The van der Waals surface area contributed by atoms with Crippen molar-refractivity contribution in [3.63, 3.8) is 0 Å². The van der Waals surface area contributed by atoms with Gasteiger partial charge in [-0.05, 0) is 18.2 Å². The van der Waals surface area contributed by atoms with Gasteiger partial charge in [0.1, 0.15) is 5.82 Å². The summed E-state index contributed by atoms with van der Waals surface area (Å²) in [5.41, 5.74) is 0.451. The highest BCUT2D eigenvalue weighted by Crippen LogP contribution is 2.33. The topological polar surface area (TPSA) is 29.1 Å². The van der Waals surface area contributed by atoms with E-state index in [0.29, 0.717) is 20.5 Å². The van der Waals surface area contributed by atoms with E-state index in [-0.39, 0.29) is 24.0 Å². The molecule has 1 N–H and O–H groups in total. The van der Waals surface area contributed by atoms with Crippen molar-refractivity contribution < 1.29 is 9.18 Å². The van der Waals surface area contributed by atoms with E-state index in [4.69, 9.17) is 23.2 Å². The zero-order valence-electron chi connectivity index (χ0n) is 10.9. The number of nitrogens with one attached hydrogen (secondary N) is 1. The number of carbonyl (C=O) groups excluding carboxylic acids is 1. The Morgan fingerprint density at radius 3 is 2.43 bits per heavy atom. The summed E-state index contributed by atoms with van der Waals surface area (Å²) in [7, 11) is 0. The normalized spacial score (nSPS) is 10.4. The van der Waals surface area contributed by atoms with E-state index in [0.717, 1.165) is 0 Å². The molecule has 0 fully saturated rings. The Morgan fingerprint density at radius 2 is 1.76 bits per heavy atom. The van der Waals surface area contributed by atoms with Gasteiger partial charge in [0, 0.05) is 17.0 Å². The third kappa shape index (κ3) is 4.63. The van der Waals surface area contributed by atoms with Gasteiger partial charge in [-0.25, -0.2) is 4.39 Å². The van der Waals surface area contributed by atoms with Crippen LogP contribution in [-0.4, -0.2) is 11.7 Å². The molecule has 0 bridgehead atoms. The Hall–Kier alpha value is -1.23. The van der Waals surface area contributed by atoms with Gasteiger partial charge in [-0.2, -0.15) is 0 Å². The fourth-order valence-electron chi connectivity index (χ4n) is 1.64. The number of carbonyl (C=O) groups is 1. The van der Waals surface area contributed by atoms with Crippen molar-refractivity contribution in [3.05, 3.63) is 63.9 Å². The van der Waals surface area contributed by atoms with Crippen molar-refractivity contribution in [2.45, 2.75) is 11.4 Å². The van der Waals surface area contributed by atoms with Gasteiger partial charge in [0.2, 0.25) is 5.91 Å². The highest BCUT2D eigenvalue weighted by Gasteiger charge is 2.09. The molecule has 0 saturated carbocycles. The number of benzene rings is 2. The lowest BCUT2D eigenvalue weighted by molar-refractivity contribution is -0.118. The zero-order valence-corrected chi connectivity index (χ0v) is 13.2. The first-order valence-corrected chi connectivity index (χ1v) is 7.89. The number of thioether (sulfide) groups is 1. The molecule has 0 aliphatic carbocycles. The maximum Gasteiger partial charge on any atom is 0.230 e. The van der Waals surface area contributed by atoms with Crippen LogP contribution in [0.15, 0.2) is 47.4 Å². The number of amides is 1. The number of hydrogen-bond acceptors (Lipinski definition) is 2. The summed E-state index contributed by atoms with van der Waals surface area (Å²) >= 11 is 13.3. The summed E-state index contributed by atoms with van der Waals surface area (Å²) in [6.07, 6.45) is 0. The molecular weight excluding hydrogens is 332 g/mol.